The summed E-state index contributed by atoms with van der Waals surface area (Å²) in [5.74, 6) is -1.91. The number of rotatable bonds is 4. The highest BCUT2D eigenvalue weighted by Gasteiger charge is 2.22. The largest absolute Gasteiger partial charge is 0.312 e. The Labute approximate surface area is 113 Å². The molecule has 0 bridgehead atoms. The van der Waals surface area contributed by atoms with Crippen molar-refractivity contribution in [3.05, 3.63) is 47.3 Å². The minimum atomic E-state index is -0.728. The Balaban J connectivity index is 1.77. The molecule has 3 rings (SSSR count). The molecule has 1 aliphatic rings. The van der Waals surface area contributed by atoms with Crippen molar-refractivity contribution in [1.29, 1.82) is 0 Å². The van der Waals surface area contributed by atoms with Crippen molar-refractivity contribution in [2.45, 2.75) is 12.5 Å². The van der Waals surface area contributed by atoms with Crippen molar-refractivity contribution >= 4 is 5.78 Å². The normalized spacial score (nSPS) is 15.1. The predicted molar refractivity (Wildman–Crippen MR) is 66.3 cm³/mol. The summed E-state index contributed by atoms with van der Waals surface area (Å²) < 4.78 is 28.6. The van der Waals surface area contributed by atoms with Crippen LogP contribution in [0.3, 0.4) is 0 Å². The number of halogens is 2. The van der Waals surface area contributed by atoms with Crippen LogP contribution in [0, 0.1) is 11.6 Å². The molecule has 2 aromatic rings. The number of Topliss-reactive ketones (excluding diaryl/α,β-unsaturated/α-hetero) is 1. The highest BCUT2D eigenvalue weighted by molar-refractivity contribution is 5.95. The van der Waals surface area contributed by atoms with E-state index in [0.29, 0.717) is 0 Å². The molecule has 1 N–H and O–H groups in total. The van der Waals surface area contributed by atoms with Crippen LogP contribution in [0.25, 0.3) is 0 Å². The number of benzene rings is 1. The Morgan fingerprint density at radius 2 is 2.05 bits per heavy atom. The van der Waals surface area contributed by atoms with Crippen LogP contribution in [-0.4, -0.2) is 33.9 Å². The maximum Gasteiger partial charge on any atom is 0.189 e. The van der Waals surface area contributed by atoms with Gasteiger partial charge in [0.1, 0.15) is 17.3 Å². The van der Waals surface area contributed by atoms with Crippen LogP contribution in [0.4, 0.5) is 8.78 Å². The van der Waals surface area contributed by atoms with E-state index >= 15 is 0 Å². The van der Waals surface area contributed by atoms with Gasteiger partial charge < -0.3 is 5.32 Å². The molecule has 0 atom stereocenters. The lowest BCUT2D eigenvalue weighted by Gasteiger charge is -2.26. The van der Waals surface area contributed by atoms with Gasteiger partial charge in [-0.25, -0.2) is 13.5 Å². The molecule has 5 nitrogen and oxygen atoms in total. The number of hydrogen-bond acceptors (Lipinski definition) is 4. The molecule has 7 heteroatoms. The van der Waals surface area contributed by atoms with Crippen molar-refractivity contribution < 1.29 is 13.6 Å². The maximum absolute atomic E-state index is 13.5. The fourth-order valence-corrected chi connectivity index (χ4v) is 2.00. The molecule has 20 heavy (non-hydrogen) atoms. The van der Waals surface area contributed by atoms with Crippen LogP contribution in [0.2, 0.25) is 0 Å². The first-order chi connectivity index (χ1) is 9.65. The molecule has 1 aromatic carbocycles. The van der Waals surface area contributed by atoms with Gasteiger partial charge in [0.05, 0.1) is 12.2 Å². The Morgan fingerprint density at radius 1 is 1.35 bits per heavy atom. The third-order valence-electron chi connectivity index (χ3n) is 3.33. The van der Waals surface area contributed by atoms with Crippen molar-refractivity contribution in [2.75, 3.05) is 13.1 Å². The highest BCUT2D eigenvalue weighted by Crippen LogP contribution is 2.15. The van der Waals surface area contributed by atoms with Gasteiger partial charge >= 0.3 is 0 Å². The first-order valence-electron chi connectivity index (χ1n) is 6.24. The molecule has 0 amide bonds. The second-order valence-corrected chi connectivity index (χ2v) is 4.70. The molecule has 0 aliphatic carbocycles. The number of nitrogens with one attached hydrogen (secondary N) is 1. The highest BCUT2D eigenvalue weighted by atomic mass is 19.1. The number of carbonyl (C=O) groups excluding carboxylic acids is 1. The monoisotopic (exact) mass is 278 g/mol. The fraction of sp³-hybridized carbons (Fsp3) is 0.308. The van der Waals surface area contributed by atoms with Gasteiger partial charge in [-0.1, -0.05) is 11.3 Å². The minimum Gasteiger partial charge on any atom is -0.312 e. The smallest absolute Gasteiger partial charge is 0.189 e. The first-order valence-corrected chi connectivity index (χ1v) is 6.24. The van der Waals surface area contributed by atoms with Crippen LogP contribution in [0.15, 0.2) is 24.4 Å². The second kappa shape index (κ2) is 5.09. The molecular formula is C13H12F2N4O. The molecule has 1 aromatic heterocycles. The molecule has 0 spiro atoms. The van der Waals surface area contributed by atoms with E-state index in [0.717, 1.165) is 25.2 Å². The lowest BCUT2D eigenvalue weighted by Crippen LogP contribution is -2.43. The summed E-state index contributed by atoms with van der Waals surface area (Å²) in [4.78, 5) is 12.0. The number of hydrogen-bond donors (Lipinski definition) is 1. The standard InChI is InChI=1S/C13H12F2N4O/c14-10-2-1-3-11(15)9(10)4-13(20)12-7-19(18-17-12)8-5-16-6-8/h1-3,7-8,16H,4-6H2. The third-order valence-corrected chi connectivity index (χ3v) is 3.33. The quantitative estimate of drug-likeness (QED) is 0.852. The Bertz CT molecular complexity index is 631. The van der Waals surface area contributed by atoms with Crippen LogP contribution >= 0.6 is 0 Å². The van der Waals surface area contributed by atoms with Gasteiger partial charge in [-0.05, 0) is 12.1 Å². The van der Waals surface area contributed by atoms with Gasteiger partial charge in [-0.2, -0.15) is 0 Å². The van der Waals surface area contributed by atoms with Crippen molar-refractivity contribution in [1.82, 2.24) is 20.3 Å². The van der Waals surface area contributed by atoms with Crippen LogP contribution in [0.1, 0.15) is 22.1 Å². The van der Waals surface area contributed by atoms with Crippen LogP contribution in [-0.2, 0) is 6.42 Å². The topological polar surface area (TPSA) is 59.8 Å². The van der Waals surface area contributed by atoms with E-state index in [9.17, 15) is 13.6 Å². The molecule has 1 fully saturated rings. The third kappa shape index (κ3) is 2.32. The summed E-state index contributed by atoms with van der Waals surface area (Å²) in [6, 6.07) is 3.71. The van der Waals surface area contributed by atoms with Crippen LogP contribution < -0.4 is 5.32 Å². The number of carbonyl (C=O) groups is 1. The number of ketones is 1. The minimum absolute atomic E-state index is 0.125. The summed E-state index contributed by atoms with van der Waals surface area (Å²) >= 11 is 0. The van der Waals surface area contributed by atoms with Crippen LogP contribution in [0.5, 0.6) is 0 Å². The molecule has 1 saturated heterocycles. The van der Waals surface area contributed by atoms with Crippen molar-refractivity contribution in [3.63, 3.8) is 0 Å². The zero-order chi connectivity index (χ0) is 14.1. The van der Waals surface area contributed by atoms with Gasteiger partial charge in [0.15, 0.2) is 5.78 Å². The number of aromatic nitrogens is 3. The molecule has 0 saturated carbocycles. The van der Waals surface area contributed by atoms with E-state index in [1.807, 2.05) is 0 Å². The Kier molecular flexibility index (Phi) is 3.27. The Morgan fingerprint density at radius 3 is 2.65 bits per heavy atom. The van der Waals surface area contributed by atoms with E-state index in [1.165, 1.54) is 12.3 Å². The van der Waals surface area contributed by atoms with E-state index in [4.69, 9.17) is 0 Å². The molecule has 2 heterocycles. The van der Waals surface area contributed by atoms with E-state index in [1.54, 1.807) is 4.68 Å². The summed E-state index contributed by atoms with van der Waals surface area (Å²) in [6.45, 7) is 1.55. The lowest BCUT2D eigenvalue weighted by molar-refractivity contribution is 0.0985. The van der Waals surface area contributed by atoms with Crippen molar-refractivity contribution in [3.8, 4) is 0 Å². The Hall–Kier alpha value is -2.15. The summed E-state index contributed by atoms with van der Waals surface area (Å²) in [7, 11) is 0. The summed E-state index contributed by atoms with van der Waals surface area (Å²) in [6.07, 6.45) is 1.16. The first kappa shape index (κ1) is 12.9. The predicted octanol–water partition coefficient (Wildman–Crippen LogP) is 1.13. The lowest BCUT2D eigenvalue weighted by atomic mass is 10.1. The molecule has 0 unspecified atom stereocenters. The van der Waals surface area contributed by atoms with Gasteiger partial charge in [-0.3, -0.25) is 4.79 Å². The van der Waals surface area contributed by atoms with E-state index in [-0.39, 0.29) is 23.7 Å². The molecule has 0 radical (unpaired) electrons. The summed E-state index contributed by atoms with van der Waals surface area (Å²) in [5.41, 5.74) is -0.114. The maximum atomic E-state index is 13.5. The molecule has 104 valence electrons. The summed E-state index contributed by atoms with van der Waals surface area (Å²) in [5, 5.41) is 10.7. The SMILES string of the molecule is O=C(Cc1c(F)cccc1F)c1cn(C2CNC2)nn1. The molecular weight excluding hydrogens is 266 g/mol. The van der Waals surface area contributed by atoms with Crippen molar-refractivity contribution in [2.24, 2.45) is 0 Å². The van der Waals surface area contributed by atoms with Gasteiger partial charge in [0.25, 0.3) is 0 Å². The zero-order valence-corrected chi connectivity index (χ0v) is 10.5. The molecule has 1 aliphatic heterocycles. The average molecular weight is 278 g/mol. The van der Waals surface area contributed by atoms with E-state index < -0.39 is 17.4 Å². The van der Waals surface area contributed by atoms with Gasteiger partial charge in [-0.15, -0.1) is 5.10 Å². The second-order valence-electron chi connectivity index (χ2n) is 4.70. The average Bonchev–Trinajstić information content (AvgIpc) is 2.81. The van der Waals surface area contributed by atoms with Gasteiger partial charge in [0, 0.05) is 25.1 Å². The zero-order valence-electron chi connectivity index (χ0n) is 10.5. The van der Waals surface area contributed by atoms with Gasteiger partial charge in [0.2, 0.25) is 0 Å². The van der Waals surface area contributed by atoms with E-state index in [2.05, 4.69) is 15.6 Å². The number of nitrogens with zero attached hydrogens (tertiary/aromatic N) is 3. The fourth-order valence-electron chi connectivity index (χ4n) is 2.00.